The second-order valence-electron chi connectivity index (χ2n) is 7.78. The molecule has 6 nitrogen and oxygen atoms in total. The Morgan fingerprint density at radius 2 is 1.81 bits per heavy atom. The molecule has 150 valence electrons. The molecule has 7 heteroatoms. The highest BCUT2D eigenvalue weighted by Crippen LogP contribution is 2.22. The zero-order valence-electron chi connectivity index (χ0n) is 16.2. The Morgan fingerprint density at radius 3 is 2.52 bits per heavy atom. The van der Waals surface area contributed by atoms with Gasteiger partial charge in [0.2, 0.25) is 10.0 Å². The Morgan fingerprint density at radius 1 is 1.11 bits per heavy atom. The Kier molecular flexibility index (Phi) is 6.89. The first-order valence-corrected chi connectivity index (χ1v) is 11.5. The Labute approximate surface area is 163 Å². The van der Waals surface area contributed by atoms with E-state index in [1.54, 1.807) is 18.2 Å². The molecule has 0 spiro atoms. The lowest BCUT2D eigenvalue weighted by atomic mass is 9.94. The zero-order valence-corrected chi connectivity index (χ0v) is 17.0. The van der Waals surface area contributed by atoms with Crippen molar-refractivity contribution >= 4 is 15.9 Å². The van der Waals surface area contributed by atoms with Crippen LogP contribution < -0.4 is 5.32 Å². The molecule has 1 N–H and O–H groups in total. The van der Waals surface area contributed by atoms with Gasteiger partial charge in [0.25, 0.3) is 5.91 Å². The van der Waals surface area contributed by atoms with E-state index in [-0.39, 0.29) is 10.8 Å². The standard InChI is InChI=1S/C20H31N3O3S/c1-22-14-9-17(10-15-22)8-11-21-20(24)18-6-5-7-19(16-18)27(25,26)23-12-3-2-4-13-23/h5-7,16-17H,2-4,8-15H2,1H3,(H,21,24). The van der Waals surface area contributed by atoms with Gasteiger partial charge >= 0.3 is 0 Å². The third-order valence-corrected chi connectivity index (χ3v) is 7.62. The van der Waals surface area contributed by atoms with Crippen LogP contribution in [0.15, 0.2) is 29.2 Å². The van der Waals surface area contributed by atoms with Crippen molar-refractivity contribution in [3.05, 3.63) is 29.8 Å². The lowest BCUT2D eigenvalue weighted by molar-refractivity contribution is 0.0948. The number of carbonyl (C=O) groups excluding carboxylic acids is 1. The summed E-state index contributed by atoms with van der Waals surface area (Å²) in [6.07, 6.45) is 6.20. The van der Waals surface area contributed by atoms with Gasteiger partial charge in [0.1, 0.15) is 0 Å². The van der Waals surface area contributed by atoms with Crippen molar-refractivity contribution in [3.63, 3.8) is 0 Å². The van der Waals surface area contributed by atoms with Gasteiger partial charge in [-0.2, -0.15) is 4.31 Å². The number of rotatable bonds is 6. The van der Waals surface area contributed by atoms with Gasteiger partial charge in [0, 0.05) is 25.2 Å². The van der Waals surface area contributed by atoms with E-state index < -0.39 is 10.0 Å². The molecule has 0 saturated carbocycles. The first-order chi connectivity index (χ1) is 13.0. The normalized spacial score (nSPS) is 20.5. The average molecular weight is 394 g/mol. The largest absolute Gasteiger partial charge is 0.352 e. The number of likely N-dealkylation sites (tertiary alicyclic amines) is 1. The Balaban J connectivity index is 1.57. The van der Waals surface area contributed by atoms with Crippen molar-refractivity contribution < 1.29 is 13.2 Å². The van der Waals surface area contributed by atoms with Crippen molar-refractivity contribution in [2.75, 3.05) is 39.8 Å². The molecule has 0 unspecified atom stereocenters. The van der Waals surface area contributed by atoms with Gasteiger partial charge in [0.05, 0.1) is 4.90 Å². The van der Waals surface area contributed by atoms with Crippen LogP contribution in [0, 0.1) is 5.92 Å². The van der Waals surface area contributed by atoms with Gasteiger partial charge in [-0.25, -0.2) is 8.42 Å². The first kappa shape index (κ1) is 20.3. The number of amides is 1. The van der Waals surface area contributed by atoms with Gasteiger partial charge in [-0.1, -0.05) is 12.5 Å². The topological polar surface area (TPSA) is 69.7 Å². The SMILES string of the molecule is CN1CCC(CCNC(=O)c2cccc(S(=O)(=O)N3CCCCC3)c2)CC1. The smallest absolute Gasteiger partial charge is 0.251 e. The number of sulfonamides is 1. The van der Waals surface area contributed by atoms with Crippen molar-refractivity contribution in [3.8, 4) is 0 Å². The summed E-state index contributed by atoms with van der Waals surface area (Å²) in [7, 11) is -1.37. The van der Waals surface area contributed by atoms with Crippen LogP contribution in [0.1, 0.15) is 48.9 Å². The number of nitrogens with zero attached hydrogens (tertiary/aromatic N) is 2. The third-order valence-electron chi connectivity index (χ3n) is 5.73. The molecule has 1 amide bonds. The number of piperidine rings is 2. The summed E-state index contributed by atoms with van der Waals surface area (Å²) in [5.41, 5.74) is 0.413. The molecule has 1 aromatic carbocycles. The predicted molar refractivity (Wildman–Crippen MR) is 106 cm³/mol. The summed E-state index contributed by atoms with van der Waals surface area (Å²) >= 11 is 0. The Hall–Kier alpha value is -1.44. The monoisotopic (exact) mass is 393 g/mol. The predicted octanol–water partition coefficient (Wildman–Crippen LogP) is 2.32. The van der Waals surface area contributed by atoms with E-state index in [0.29, 0.717) is 31.1 Å². The summed E-state index contributed by atoms with van der Waals surface area (Å²) < 4.78 is 27.1. The maximum Gasteiger partial charge on any atom is 0.251 e. The molecule has 1 aromatic rings. The number of hydrogen-bond acceptors (Lipinski definition) is 4. The minimum absolute atomic E-state index is 0.196. The van der Waals surface area contributed by atoms with Crippen LogP contribution in [0.3, 0.4) is 0 Å². The van der Waals surface area contributed by atoms with Crippen molar-refractivity contribution in [2.45, 2.75) is 43.4 Å². The van der Waals surface area contributed by atoms with Crippen molar-refractivity contribution in [2.24, 2.45) is 5.92 Å². The molecule has 2 saturated heterocycles. The van der Waals surface area contributed by atoms with Crippen molar-refractivity contribution in [1.29, 1.82) is 0 Å². The third kappa shape index (κ3) is 5.30. The quantitative estimate of drug-likeness (QED) is 0.805. The summed E-state index contributed by atoms with van der Waals surface area (Å²) in [5, 5.41) is 2.95. The number of hydrogen-bond donors (Lipinski definition) is 1. The van der Waals surface area contributed by atoms with E-state index >= 15 is 0 Å². The van der Waals surface area contributed by atoms with Crippen LogP contribution in [0.5, 0.6) is 0 Å². The fourth-order valence-electron chi connectivity index (χ4n) is 3.89. The molecule has 0 aromatic heterocycles. The molecule has 0 aliphatic carbocycles. The number of carbonyl (C=O) groups is 1. The van der Waals surface area contributed by atoms with E-state index in [1.165, 1.54) is 23.2 Å². The van der Waals surface area contributed by atoms with Crippen LogP contribution in [-0.2, 0) is 10.0 Å². The highest BCUT2D eigenvalue weighted by Gasteiger charge is 2.26. The van der Waals surface area contributed by atoms with Gasteiger partial charge in [-0.05, 0) is 76.4 Å². The zero-order chi connectivity index (χ0) is 19.3. The lowest BCUT2D eigenvalue weighted by Gasteiger charge is -2.28. The van der Waals surface area contributed by atoms with Gasteiger partial charge < -0.3 is 10.2 Å². The van der Waals surface area contributed by atoms with E-state index in [2.05, 4.69) is 17.3 Å². The Bertz CT molecular complexity index is 737. The summed E-state index contributed by atoms with van der Waals surface area (Å²) in [5.74, 6) is 0.464. The maximum atomic E-state index is 12.8. The van der Waals surface area contributed by atoms with Gasteiger partial charge in [0.15, 0.2) is 0 Å². The van der Waals surface area contributed by atoms with E-state index in [4.69, 9.17) is 0 Å². The highest BCUT2D eigenvalue weighted by molar-refractivity contribution is 7.89. The molecule has 2 aliphatic heterocycles. The van der Waals surface area contributed by atoms with Gasteiger partial charge in [-0.3, -0.25) is 4.79 Å². The molecular weight excluding hydrogens is 362 g/mol. The molecule has 2 fully saturated rings. The molecule has 0 atom stereocenters. The van der Waals surface area contributed by atoms with Crippen LogP contribution in [0.2, 0.25) is 0 Å². The fraction of sp³-hybridized carbons (Fsp3) is 0.650. The molecule has 27 heavy (non-hydrogen) atoms. The summed E-state index contributed by atoms with van der Waals surface area (Å²) in [6, 6.07) is 6.43. The van der Waals surface area contributed by atoms with Crippen LogP contribution in [0.25, 0.3) is 0 Å². The fourth-order valence-corrected chi connectivity index (χ4v) is 5.46. The number of nitrogens with one attached hydrogen (secondary N) is 1. The van der Waals surface area contributed by atoms with Crippen LogP contribution in [0.4, 0.5) is 0 Å². The first-order valence-electron chi connectivity index (χ1n) is 10.0. The van der Waals surface area contributed by atoms with E-state index in [9.17, 15) is 13.2 Å². The summed E-state index contributed by atoms with van der Waals surface area (Å²) in [4.78, 5) is 15.0. The minimum Gasteiger partial charge on any atom is -0.352 e. The highest BCUT2D eigenvalue weighted by atomic mass is 32.2. The lowest BCUT2D eigenvalue weighted by Crippen LogP contribution is -2.35. The van der Waals surface area contributed by atoms with E-state index in [0.717, 1.165) is 38.8 Å². The average Bonchev–Trinajstić information content (AvgIpc) is 2.70. The molecule has 2 aliphatic rings. The maximum absolute atomic E-state index is 12.8. The van der Waals surface area contributed by atoms with Gasteiger partial charge in [-0.15, -0.1) is 0 Å². The van der Waals surface area contributed by atoms with Crippen LogP contribution >= 0.6 is 0 Å². The molecule has 0 bridgehead atoms. The molecule has 2 heterocycles. The summed E-state index contributed by atoms with van der Waals surface area (Å²) in [6.45, 7) is 4.00. The molecular formula is C20H31N3O3S. The minimum atomic E-state index is -3.51. The second-order valence-corrected chi connectivity index (χ2v) is 9.72. The van der Waals surface area contributed by atoms with Crippen LogP contribution in [-0.4, -0.2) is 63.3 Å². The van der Waals surface area contributed by atoms with Crippen molar-refractivity contribution in [1.82, 2.24) is 14.5 Å². The molecule has 0 radical (unpaired) electrons. The van der Waals surface area contributed by atoms with E-state index in [1.807, 2.05) is 0 Å². The number of benzene rings is 1. The molecule has 3 rings (SSSR count). The second kappa shape index (κ2) is 9.17.